The second-order valence-corrected chi connectivity index (χ2v) is 6.75. The standard InChI is InChI=1S/C17H16FN3O3S/c1-9-7-13(20-24-9)19-14(22)8-21(3)17(23)16-10(2)15-11(18)5-4-6-12(15)25-16/h4-7H,8H2,1-3H3,(H,19,20,22). The van der Waals surface area contributed by atoms with Crippen molar-refractivity contribution in [1.29, 1.82) is 0 Å². The summed E-state index contributed by atoms with van der Waals surface area (Å²) < 4.78 is 19.6. The van der Waals surface area contributed by atoms with Gasteiger partial charge in [-0.15, -0.1) is 11.3 Å². The van der Waals surface area contributed by atoms with Gasteiger partial charge in [-0.2, -0.15) is 0 Å². The summed E-state index contributed by atoms with van der Waals surface area (Å²) in [5.41, 5.74) is 0.586. The molecule has 0 aliphatic heterocycles. The first-order chi connectivity index (χ1) is 11.9. The molecule has 1 N–H and O–H groups in total. The van der Waals surface area contributed by atoms with Gasteiger partial charge < -0.3 is 14.7 Å². The highest BCUT2D eigenvalue weighted by Crippen LogP contribution is 2.33. The number of likely N-dealkylation sites (N-methyl/N-ethyl adjacent to an activating group) is 1. The minimum absolute atomic E-state index is 0.152. The molecule has 0 unspecified atom stereocenters. The second-order valence-electron chi connectivity index (χ2n) is 5.70. The first-order valence-corrected chi connectivity index (χ1v) is 8.34. The molecule has 8 heteroatoms. The smallest absolute Gasteiger partial charge is 0.264 e. The molecule has 2 amide bonds. The Kier molecular flexibility index (Phi) is 4.54. The van der Waals surface area contributed by atoms with Crippen molar-refractivity contribution in [3.8, 4) is 0 Å². The van der Waals surface area contributed by atoms with E-state index in [0.717, 1.165) is 0 Å². The third kappa shape index (κ3) is 3.39. The maximum atomic E-state index is 14.0. The molecule has 2 aromatic heterocycles. The molecule has 0 saturated heterocycles. The Bertz CT molecular complexity index is 963. The van der Waals surface area contributed by atoms with Crippen LogP contribution in [-0.2, 0) is 4.79 Å². The molecule has 0 bridgehead atoms. The number of benzene rings is 1. The van der Waals surface area contributed by atoms with E-state index in [1.54, 1.807) is 32.0 Å². The molecule has 130 valence electrons. The van der Waals surface area contributed by atoms with Gasteiger partial charge in [0.2, 0.25) is 5.91 Å². The van der Waals surface area contributed by atoms with Crippen molar-refractivity contribution in [2.45, 2.75) is 13.8 Å². The number of carbonyl (C=O) groups excluding carboxylic acids is 2. The molecule has 0 saturated carbocycles. The van der Waals surface area contributed by atoms with E-state index in [2.05, 4.69) is 10.5 Å². The fourth-order valence-electron chi connectivity index (χ4n) is 2.53. The summed E-state index contributed by atoms with van der Waals surface area (Å²) in [5, 5.41) is 6.68. The summed E-state index contributed by atoms with van der Waals surface area (Å²) in [4.78, 5) is 26.4. The maximum absolute atomic E-state index is 14.0. The molecule has 0 fully saturated rings. The summed E-state index contributed by atoms with van der Waals surface area (Å²) in [6.07, 6.45) is 0. The van der Waals surface area contributed by atoms with Crippen LogP contribution in [0.25, 0.3) is 10.1 Å². The van der Waals surface area contributed by atoms with Gasteiger partial charge in [-0.3, -0.25) is 9.59 Å². The summed E-state index contributed by atoms with van der Waals surface area (Å²) >= 11 is 1.22. The normalized spacial score (nSPS) is 10.9. The molecule has 0 aliphatic rings. The number of hydrogen-bond acceptors (Lipinski definition) is 5. The molecule has 0 aliphatic carbocycles. The summed E-state index contributed by atoms with van der Waals surface area (Å²) in [6, 6.07) is 6.33. The Morgan fingerprint density at radius 3 is 2.76 bits per heavy atom. The second kappa shape index (κ2) is 6.64. The zero-order chi connectivity index (χ0) is 18.1. The van der Waals surface area contributed by atoms with Crippen molar-refractivity contribution in [3.05, 3.63) is 46.3 Å². The molecule has 1 aromatic carbocycles. The predicted molar refractivity (Wildman–Crippen MR) is 93.4 cm³/mol. The lowest BCUT2D eigenvalue weighted by molar-refractivity contribution is -0.116. The molecule has 3 aromatic rings. The SMILES string of the molecule is Cc1cc(NC(=O)CN(C)C(=O)c2sc3cccc(F)c3c2C)no1. The number of thiophene rings is 1. The van der Waals surface area contributed by atoms with Crippen molar-refractivity contribution >= 4 is 39.1 Å². The van der Waals surface area contributed by atoms with E-state index in [0.29, 0.717) is 32.1 Å². The lowest BCUT2D eigenvalue weighted by atomic mass is 10.1. The van der Waals surface area contributed by atoms with Crippen LogP contribution < -0.4 is 5.32 Å². The van der Waals surface area contributed by atoms with Crippen molar-refractivity contribution in [1.82, 2.24) is 10.1 Å². The van der Waals surface area contributed by atoms with Crippen molar-refractivity contribution in [3.63, 3.8) is 0 Å². The fourth-order valence-corrected chi connectivity index (χ4v) is 3.74. The maximum Gasteiger partial charge on any atom is 0.264 e. The molecule has 0 atom stereocenters. The molecule has 25 heavy (non-hydrogen) atoms. The van der Waals surface area contributed by atoms with Gasteiger partial charge in [-0.25, -0.2) is 4.39 Å². The number of rotatable bonds is 4. The Morgan fingerprint density at radius 2 is 2.12 bits per heavy atom. The molecule has 2 heterocycles. The number of halogens is 1. The summed E-state index contributed by atoms with van der Waals surface area (Å²) in [7, 11) is 1.52. The Balaban J connectivity index is 1.75. The third-order valence-electron chi connectivity index (χ3n) is 3.72. The van der Waals surface area contributed by atoms with Gasteiger partial charge >= 0.3 is 0 Å². The quantitative estimate of drug-likeness (QED) is 0.773. The van der Waals surface area contributed by atoms with Crippen LogP contribution in [0.3, 0.4) is 0 Å². The number of fused-ring (bicyclic) bond motifs is 1. The summed E-state index contributed by atoms with van der Waals surface area (Å²) in [5.74, 6) is -0.211. The lowest BCUT2D eigenvalue weighted by Gasteiger charge is -2.15. The first kappa shape index (κ1) is 17.1. The van der Waals surface area contributed by atoms with Crippen molar-refractivity contribution < 1.29 is 18.5 Å². The fraction of sp³-hybridized carbons (Fsp3) is 0.235. The minimum Gasteiger partial charge on any atom is -0.360 e. The minimum atomic E-state index is -0.394. The van der Waals surface area contributed by atoms with Crippen LogP contribution in [0.2, 0.25) is 0 Å². The number of amides is 2. The van der Waals surface area contributed by atoms with E-state index in [4.69, 9.17) is 4.52 Å². The zero-order valence-corrected chi connectivity index (χ0v) is 14.7. The van der Waals surface area contributed by atoms with Gasteiger partial charge in [0.1, 0.15) is 11.6 Å². The number of anilines is 1. The van der Waals surface area contributed by atoms with Crippen LogP contribution in [0.1, 0.15) is 21.0 Å². The highest BCUT2D eigenvalue weighted by atomic mass is 32.1. The number of aryl methyl sites for hydroxylation is 2. The highest BCUT2D eigenvalue weighted by Gasteiger charge is 2.22. The van der Waals surface area contributed by atoms with Gasteiger partial charge in [-0.05, 0) is 31.5 Å². The van der Waals surface area contributed by atoms with Crippen LogP contribution in [0.15, 0.2) is 28.8 Å². The van der Waals surface area contributed by atoms with Crippen molar-refractivity contribution in [2.75, 3.05) is 18.9 Å². The number of aromatic nitrogens is 1. The van der Waals surface area contributed by atoms with E-state index in [1.807, 2.05) is 0 Å². The van der Waals surface area contributed by atoms with Gasteiger partial charge in [0, 0.05) is 23.2 Å². The molecule has 3 rings (SSSR count). The van der Waals surface area contributed by atoms with Crippen LogP contribution in [0.4, 0.5) is 10.2 Å². The van der Waals surface area contributed by atoms with E-state index >= 15 is 0 Å². The van der Waals surface area contributed by atoms with E-state index in [-0.39, 0.29) is 18.3 Å². The topological polar surface area (TPSA) is 75.4 Å². The van der Waals surface area contributed by atoms with E-state index in [9.17, 15) is 14.0 Å². The third-order valence-corrected chi connectivity index (χ3v) is 4.97. The molecular weight excluding hydrogens is 345 g/mol. The monoisotopic (exact) mass is 361 g/mol. The number of nitrogens with zero attached hydrogens (tertiary/aromatic N) is 2. The molecular formula is C17H16FN3O3S. The largest absolute Gasteiger partial charge is 0.360 e. The Hall–Kier alpha value is -2.74. The molecule has 0 radical (unpaired) electrons. The lowest BCUT2D eigenvalue weighted by Crippen LogP contribution is -2.34. The van der Waals surface area contributed by atoms with Crippen LogP contribution in [-0.4, -0.2) is 35.5 Å². The van der Waals surface area contributed by atoms with Gasteiger partial charge in [-0.1, -0.05) is 11.2 Å². The average Bonchev–Trinajstić information content (AvgIpc) is 3.10. The Morgan fingerprint density at radius 1 is 1.36 bits per heavy atom. The highest BCUT2D eigenvalue weighted by molar-refractivity contribution is 7.21. The van der Waals surface area contributed by atoms with E-state index < -0.39 is 5.91 Å². The number of carbonyl (C=O) groups is 2. The molecule has 6 nitrogen and oxygen atoms in total. The predicted octanol–water partition coefficient (Wildman–Crippen LogP) is 3.36. The van der Waals surface area contributed by atoms with Crippen LogP contribution >= 0.6 is 11.3 Å². The number of hydrogen-bond donors (Lipinski definition) is 1. The van der Waals surface area contributed by atoms with Gasteiger partial charge in [0.25, 0.3) is 5.91 Å². The summed E-state index contributed by atoms with van der Waals surface area (Å²) in [6.45, 7) is 3.27. The van der Waals surface area contributed by atoms with E-state index in [1.165, 1.54) is 29.4 Å². The van der Waals surface area contributed by atoms with Crippen LogP contribution in [0, 0.1) is 19.7 Å². The Labute approximate surface area is 147 Å². The van der Waals surface area contributed by atoms with Crippen molar-refractivity contribution in [2.24, 2.45) is 0 Å². The van der Waals surface area contributed by atoms with Gasteiger partial charge in [0.15, 0.2) is 5.82 Å². The first-order valence-electron chi connectivity index (χ1n) is 7.53. The zero-order valence-electron chi connectivity index (χ0n) is 13.9. The van der Waals surface area contributed by atoms with Crippen LogP contribution in [0.5, 0.6) is 0 Å². The molecule has 0 spiro atoms. The number of nitrogens with one attached hydrogen (secondary N) is 1. The average molecular weight is 361 g/mol. The van der Waals surface area contributed by atoms with Gasteiger partial charge in [0.05, 0.1) is 11.4 Å².